The van der Waals surface area contributed by atoms with Gasteiger partial charge in [0.05, 0.1) is 22.5 Å². The lowest BCUT2D eigenvalue weighted by molar-refractivity contribution is -0.132. The number of rotatable bonds is 15. The zero-order valence-corrected chi connectivity index (χ0v) is 35.3. The lowest BCUT2D eigenvalue weighted by atomic mass is 9.68. The van der Waals surface area contributed by atoms with Crippen LogP contribution < -0.4 is 15.4 Å². The van der Waals surface area contributed by atoms with E-state index in [-0.39, 0.29) is 70.1 Å². The molecule has 15 heteroatoms. The number of nitrogens with two attached hydrogens (primary N) is 1. The molecule has 2 N–H and O–H groups in total. The zero-order chi connectivity index (χ0) is 41.1. The van der Waals surface area contributed by atoms with Crippen molar-refractivity contribution >= 4 is 37.5 Å². The van der Waals surface area contributed by atoms with Crippen LogP contribution in [-0.4, -0.2) is 126 Å². The number of benzene rings is 2. The van der Waals surface area contributed by atoms with Crippen molar-refractivity contribution in [3.63, 3.8) is 0 Å². The summed E-state index contributed by atoms with van der Waals surface area (Å²) in [6.07, 6.45) is 9.81. The average molecular weight is 826 g/mol. The van der Waals surface area contributed by atoms with Gasteiger partial charge in [-0.05, 0) is 86.1 Å². The highest BCUT2D eigenvalue weighted by atomic mass is 32.2. The zero-order valence-electron chi connectivity index (χ0n) is 33.7. The third-order valence-corrected chi connectivity index (χ3v) is 17.3. The van der Waals surface area contributed by atoms with Crippen LogP contribution in [0.4, 0.5) is 5.69 Å². The second-order valence-corrected chi connectivity index (χ2v) is 20.5. The number of carbonyl (C=O) groups is 2. The van der Waals surface area contributed by atoms with Crippen molar-refractivity contribution in [1.29, 1.82) is 0 Å². The molecule has 57 heavy (non-hydrogen) atoms. The molecule has 1 saturated heterocycles. The SMILES string of the molecule is C=CCC[C@H](C(=O)N1CCN(S(=O)(=O)N(C)C)CC1)S(=O)(=O)C1CCc2ccccc2C12COc1ccc(C(N)=O)cc1N(C[C@@H]1CC[C@H]1[C@H](/C=C/CC)OC)C2. The number of methoxy groups -OCH3 is 1. The van der Waals surface area contributed by atoms with Crippen LogP contribution in [0.1, 0.15) is 66.9 Å². The molecule has 1 saturated carbocycles. The Bertz CT molecular complexity index is 2050. The van der Waals surface area contributed by atoms with Crippen LogP contribution in [0.25, 0.3) is 0 Å². The number of hydrogen-bond acceptors (Lipinski definition) is 9. The summed E-state index contributed by atoms with van der Waals surface area (Å²) in [5.74, 6) is -0.104. The number of aryl methyl sites for hydroxylation is 1. The summed E-state index contributed by atoms with van der Waals surface area (Å²) in [5.41, 5.74) is 7.61. The average Bonchev–Trinajstić information content (AvgIpc) is 3.34. The second-order valence-electron chi connectivity index (χ2n) is 16.1. The van der Waals surface area contributed by atoms with E-state index in [9.17, 15) is 18.0 Å². The van der Waals surface area contributed by atoms with E-state index >= 15 is 8.42 Å². The maximum atomic E-state index is 15.5. The van der Waals surface area contributed by atoms with Crippen LogP contribution in [0.5, 0.6) is 5.75 Å². The number of fused-ring (bicyclic) bond motifs is 3. The predicted octanol–water partition coefficient (Wildman–Crippen LogP) is 3.94. The molecule has 4 aliphatic rings. The van der Waals surface area contributed by atoms with E-state index in [1.54, 1.807) is 31.4 Å². The fourth-order valence-corrected chi connectivity index (χ4v) is 13.1. The number of sulfone groups is 1. The highest BCUT2D eigenvalue weighted by Crippen LogP contribution is 2.49. The molecule has 1 spiro atoms. The number of nitrogens with zero attached hydrogens (tertiary/aromatic N) is 4. The molecular formula is C42H59N5O8S2. The van der Waals surface area contributed by atoms with E-state index < -0.39 is 47.8 Å². The lowest BCUT2D eigenvalue weighted by Crippen LogP contribution is -2.61. The van der Waals surface area contributed by atoms with E-state index in [1.807, 2.05) is 24.3 Å². The molecule has 6 rings (SSSR count). The van der Waals surface area contributed by atoms with Crippen LogP contribution in [0.15, 0.2) is 67.3 Å². The first kappa shape index (κ1) is 42.8. The summed E-state index contributed by atoms with van der Waals surface area (Å²) < 4.78 is 71.9. The van der Waals surface area contributed by atoms with Crippen molar-refractivity contribution < 1.29 is 35.9 Å². The third kappa shape index (κ3) is 8.41. The van der Waals surface area contributed by atoms with Gasteiger partial charge in [-0.15, -0.1) is 6.58 Å². The molecule has 13 nitrogen and oxygen atoms in total. The molecule has 6 atom stereocenters. The maximum Gasteiger partial charge on any atom is 0.281 e. The van der Waals surface area contributed by atoms with E-state index in [0.717, 1.165) is 34.7 Å². The van der Waals surface area contributed by atoms with Crippen molar-refractivity contribution in [2.24, 2.45) is 17.6 Å². The standard InChI is InChI=1S/C42H59N5O8S2/c1-6-8-14-36(54-5)33-19-16-32(33)27-46-28-42(29-55-37-20-17-31(40(43)48)26-35(37)46)34-13-11-10-12-30(34)18-21-39(42)56(50,51)38(15-9-7-2)41(49)45-22-24-47(25-23-45)57(52,53)44(3)4/h7-8,10-14,17,20,26,32-33,36,38-39H,2,6,9,15-16,18-19,21-25,27-29H2,1,3-5H3,(H2,43,48)/b14-8+/t32-,33+,36-,38+,39?,42?/m0/s1. The Hall–Kier alpha value is -3.76. The third-order valence-electron chi connectivity index (χ3n) is 12.6. The van der Waals surface area contributed by atoms with Crippen molar-refractivity contribution in [2.75, 3.05) is 72.0 Å². The normalized spacial score (nSPS) is 25.2. The molecular weight excluding hydrogens is 767 g/mol. The maximum absolute atomic E-state index is 15.5. The summed E-state index contributed by atoms with van der Waals surface area (Å²) in [6.45, 7) is 7.09. The topological polar surface area (TPSA) is 160 Å². The molecule has 0 radical (unpaired) electrons. The van der Waals surface area contributed by atoms with Crippen LogP contribution in [0.2, 0.25) is 0 Å². The van der Waals surface area contributed by atoms with Crippen LogP contribution in [0, 0.1) is 11.8 Å². The van der Waals surface area contributed by atoms with Gasteiger partial charge >= 0.3 is 0 Å². The minimum Gasteiger partial charge on any atom is -0.490 e. The van der Waals surface area contributed by atoms with Gasteiger partial charge in [0.15, 0.2) is 9.84 Å². The Morgan fingerprint density at radius 3 is 2.44 bits per heavy atom. The molecule has 2 aromatic carbocycles. The minimum absolute atomic E-state index is 0.0325. The predicted molar refractivity (Wildman–Crippen MR) is 222 cm³/mol. The lowest BCUT2D eigenvalue weighted by Gasteiger charge is -2.48. The largest absolute Gasteiger partial charge is 0.490 e. The van der Waals surface area contributed by atoms with Crippen LogP contribution >= 0.6 is 0 Å². The van der Waals surface area contributed by atoms with Gasteiger partial charge in [0, 0.05) is 66.0 Å². The Kier molecular flexibility index (Phi) is 13.2. The molecule has 2 aliphatic heterocycles. The van der Waals surface area contributed by atoms with E-state index in [1.165, 1.54) is 23.3 Å². The number of allylic oxidation sites excluding steroid dienone is 2. The molecule has 2 amide bonds. The Balaban J connectivity index is 1.41. The molecule has 2 heterocycles. The van der Waals surface area contributed by atoms with Crippen molar-refractivity contribution in [3.8, 4) is 5.75 Å². The summed E-state index contributed by atoms with van der Waals surface area (Å²) in [4.78, 5) is 30.8. The Labute approximate surface area is 338 Å². The number of hydrogen-bond donors (Lipinski definition) is 1. The quantitative estimate of drug-likeness (QED) is 0.263. The van der Waals surface area contributed by atoms with Gasteiger partial charge in [-0.1, -0.05) is 49.4 Å². The molecule has 2 aromatic rings. The molecule has 2 aliphatic carbocycles. The van der Waals surface area contributed by atoms with Crippen LogP contribution in [0.3, 0.4) is 0 Å². The summed E-state index contributed by atoms with van der Waals surface area (Å²) in [7, 11) is -3.29. The summed E-state index contributed by atoms with van der Waals surface area (Å²) in [5, 5.41) is -2.37. The van der Waals surface area contributed by atoms with Gasteiger partial charge in [-0.25, -0.2) is 8.42 Å². The highest BCUT2D eigenvalue weighted by molar-refractivity contribution is 7.93. The number of amides is 2. The highest BCUT2D eigenvalue weighted by Gasteiger charge is 2.56. The van der Waals surface area contributed by atoms with Gasteiger partial charge in [-0.2, -0.15) is 17.0 Å². The molecule has 2 unspecified atom stereocenters. The van der Waals surface area contributed by atoms with Gasteiger partial charge in [0.1, 0.15) is 17.6 Å². The molecule has 0 bridgehead atoms. The summed E-state index contributed by atoms with van der Waals surface area (Å²) in [6, 6.07) is 13.1. The van der Waals surface area contributed by atoms with Crippen molar-refractivity contribution in [2.45, 2.75) is 73.9 Å². The van der Waals surface area contributed by atoms with Gasteiger partial charge in [0.25, 0.3) is 10.2 Å². The number of anilines is 1. The fourth-order valence-electron chi connectivity index (χ4n) is 9.35. The number of ether oxygens (including phenoxy) is 2. The number of carbonyl (C=O) groups excluding carboxylic acids is 2. The second kappa shape index (κ2) is 17.6. The first-order valence-corrected chi connectivity index (χ1v) is 23.1. The van der Waals surface area contributed by atoms with Crippen molar-refractivity contribution in [3.05, 3.63) is 84.0 Å². The van der Waals surface area contributed by atoms with Gasteiger partial charge in [0.2, 0.25) is 11.8 Å². The first-order chi connectivity index (χ1) is 27.2. The first-order valence-electron chi connectivity index (χ1n) is 20.1. The number of primary amides is 1. The molecule has 0 aromatic heterocycles. The number of piperazine rings is 1. The molecule has 312 valence electrons. The Morgan fingerprint density at radius 2 is 1.81 bits per heavy atom. The molecule has 2 fully saturated rings. The summed E-state index contributed by atoms with van der Waals surface area (Å²) >= 11 is 0. The fraction of sp³-hybridized carbons (Fsp3) is 0.571. The monoisotopic (exact) mass is 825 g/mol. The van der Waals surface area contributed by atoms with E-state index in [2.05, 4.69) is 30.6 Å². The Morgan fingerprint density at radius 1 is 1.07 bits per heavy atom. The van der Waals surface area contributed by atoms with Crippen LogP contribution in [-0.2, 0) is 41.4 Å². The van der Waals surface area contributed by atoms with Gasteiger partial charge in [-0.3, -0.25) is 9.59 Å². The van der Waals surface area contributed by atoms with Gasteiger partial charge < -0.3 is 25.0 Å². The van der Waals surface area contributed by atoms with E-state index in [4.69, 9.17) is 15.2 Å². The smallest absolute Gasteiger partial charge is 0.281 e. The minimum atomic E-state index is -4.25. The van der Waals surface area contributed by atoms with Crippen molar-refractivity contribution in [1.82, 2.24) is 13.5 Å². The van der Waals surface area contributed by atoms with E-state index in [0.29, 0.717) is 36.4 Å².